The zero-order valence-electron chi connectivity index (χ0n) is 13.6. The zero-order valence-corrected chi connectivity index (χ0v) is 15.2. The number of hydrogen-bond acceptors (Lipinski definition) is 5. The molecule has 1 aliphatic rings. The maximum atomic E-state index is 12.2. The van der Waals surface area contributed by atoms with E-state index < -0.39 is 0 Å². The molecular weight excluding hydrogens is 388 g/mol. The summed E-state index contributed by atoms with van der Waals surface area (Å²) in [5.74, 6) is 1.57. The summed E-state index contributed by atoms with van der Waals surface area (Å²) in [6.07, 6.45) is 2.47. The third-order valence-electron chi connectivity index (χ3n) is 3.44. The minimum absolute atomic E-state index is 0.169. The van der Waals surface area contributed by atoms with Crippen LogP contribution in [-0.4, -0.2) is 25.5 Å². The molecule has 1 heterocycles. The van der Waals surface area contributed by atoms with Gasteiger partial charge in [0.1, 0.15) is 5.75 Å². The first-order chi connectivity index (χ1) is 12.2. The fourth-order valence-corrected chi connectivity index (χ4v) is 2.61. The number of fused-ring (bicyclic) bond motifs is 1. The lowest BCUT2D eigenvalue weighted by Crippen LogP contribution is -2.17. The first-order valence-corrected chi connectivity index (χ1v) is 8.62. The van der Waals surface area contributed by atoms with Crippen LogP contribution in [0.4, 0.5) is 0 Å². The number of carbonyl (C=O) groups is 1. The summed E-state index contributed by atoms with van der Waals surface area (Å²) in [4.78, 5) is 12.2. The number of halogens is 1. The Morgan fingerprint density at radius 3 is 2.96 bits per heavy atom. The third-order valence-corrected chi connectivity index (χ3v) is 3.93. The average Bonchev–Trinajstić information content (AvgIpc) is 3.08. The average molecular weight is 405 g/mol. The van der Waals surface area contributed by atoms with Crippen molar-refractivity contribution in [2.75, 3.05) is 13.4 Å². The van der Waals surface area contributed by atoms with Gasteiger partial charge in [0.25, 0.3) is 5.91 Å². The highest BCUT2D eigenvalue weighted by molar-refractivity contribution is 9.10. The highest BCUT2D eigenvalue weighted by atomic mass is 79.9. The Bertz CT molecular complexity index is 808. The third kappa shape index (κ3) is 4.30. The molecule has 1 aliphatic heterocycles. The van der Waals surface area contributed by atoms with E-state index in [1.807, 2.05) is 25.1 Å². The van der Waals surface area contributed by atoms with Gasteiger partial charge in [0.05, 0.1) is 12.8 Å². The molecule has 2 aromatic rings. The van der Waals surface area contributed by atoms with Crippen molar-refractivity contribution >= 4 is 28.1 Å². The Kier molecular flexibility index (Phi) is 5.55. The van der Waals surface area contributed by atoms with Gasteiger partial charge in [-0.1, -0.05) is 22.9 Å². The first kappa shape index (κ1) is 17.3. The van der Waals surface area contributed by atoms with E-state index in [0.717, 1.165) is 16.5 Å². The van der Waals surface area contributed by atoms with Crippen molar-refractivity contribution in [1.82, 2.24) is 5.43 Å². The van der Waals surface area contributed by atoms with E-state index in [0.29, 0.717) is 29.4 Å². The van der Waals surface area contributed by atoms with Crippen molar-refractivity contribution < 1.29 is 19.0 Å². The number of ether oxygens (including phenoxy) is 3. The molecule has 1 N–H and O–H groups in total. The van der Waals surface area contributed by atoms with Gasteiger partial charge in [-0.3, -0.25) is 4.79 Å². The number of carbonyl (C=O) groups excluding carboxylic acids is 1. The predicted octanol–water partition coefficient (Wildman–Crippen LogP) is 3.73. The normalized spacial score (nSPS) is 12.4. The highest BCUT2D eigenvalue weighted by Crippen LogP contribution is 2.32. The molecule has 0 saturated heterocycles. The molecule has 1 amide bonds. The summed E-state index contributed by atoms with van der Waals surface area (Å²) < 4.78 is 17.1. The van der Waals surface area contributed by atoms with Crippen LogP contribution in [0.25, 0.3) is 0 Å². The van der Waals surface area contributed by atoms with Gasteiger partial charge in [-0.2, -0.15) is 5.10 Å². The Morgan fingerprint density at radius 1 is 1.28 bits per heavy atom. The minimum Gasteiger partial charge on any atom is -0.493 e. The number of hydrogen-bond donors (Lipinski definition) is 1. The van der Waals surface area contributed by atoms with Crippen molar-refractivity contribution in [1.29, 1.82) is 0 Å². The fourth-order valence-electron chi connectivity index (χ4n) is 2.23. The van der Waals surface area contributed by atoms with Crippen LogP contribution in [0.1, 0.15) is 29.3 Å². The minimum atomic E-state index is -0.333. The Balaban J connectivity index is 1.68. The SMILES string of the molecule is CCCOc1ccc(Br)cc1/C=N/NC(=O)c1ccc2c(c1)OCO2. The molecule has 0 unspecified atom stereocenters. The molecule has 0 atom stereocenters. The van der Waals surface area contributed by atoms with Crippen LogP contribution in [0.3, 0.4) is 0 Å². The monoisotopic (exact) mass is 404 g/mol. The van der Waals surface area contributed by atoms with Crippen LogP contribution >= 0.6 is 15.9 Å². The summed E-state index contributed by atoms with van der Waals surface area (Å²) in [5.41, 5.74) is 3.72. The Morgan fingerprint density at radius 2 is 2.12 bits per heavy atom. The highest BCUT2D eigenvalue weighted by Gasteiger charge is 2.15. The van der Waals surface area contributed by atoms with Gasteiger partial charge in [-0.15, -0.1) is 0 Å². The van der Waals surface area contributed by atoms with E-state index in [1.54, 1.807) is 24.4 Å². The first-order valence-electron chi connectivity index (χ1n) is 7.83. The Labute approximate surface area is 153 Å². The van der Waals surface area contributed by atoms with Gasteiger partial charge in [-0.05, 0) is 42.8 Å². The van der Waals surface area contributed by atoms with Crippen LogP contribution in [0.5, 0.6) is 17.2 Å². The molecular formula is C18H17BrN2O4. The largest absolute Gasteiger partial charge is 0.493 e. The molecule has 2 aromatic carbocycles. The van der Waals surface area contributed by atoms with Crippen molar-refractivity contribution in [2.24, 2.45) is 5.10 Å². The molecule has 0 bridgehead atoms. The van der Waals surface area contributed by atoms with Crippen LogP contribution in [-0.2, 0) is 0 Å². The quantitative estimate of drug-likeness (QED) is 0.588. The summed E-state index contributed by atoms with van der Waals surface area (Å²) in [5, 5.41) is 4.02. The van der Waals surface area contributed by atoms with E-state index in [-0.39, 0.29) is 12.7 Å². The van der Waals surface area contributed by atoms with Crippen LogP contribution in [0, 0.1) is 0 Å². The molecule has 0 radical (unpaired) electrons. The molecule has 3 rings (SSSR count). The second kappa shape index (κ2) is 8.02. The van der Waals surface area contributed by atoms with E-state index >= 15 is 0 Å². The standard InChI is InChI=1S/C18H17BrN2O4/c1-2-7-23-15-6-4-14(19)8-13(15)10-20-21-18(22)12-3-5-16-17(9-12)25-11-24-16/h3-6,8-10H,2,7,11H2,1H3,(H,21,22)/b20-10+. The Hall–Kier alpha value is -2.54. The molecule has 7 heteroatoms. The van der Waals surface area contributed by atoms with Crippen molar-refractivity contribution in [3.05, 3.63) is 52.0 Å². The molecule has 0 saturated carbocycles. The van der Waals surface area contributed by atoms with Crippen molar-refractivity contribution in [2.45, 2.75) is 13.3 Å². The van der Waals surface area contributed by atoms with E-state index in [1.165, 1.54) is 0 Å². The summed E-state index contributed by atoms with van der Waals surface area (Å²) in [6, 6.07) is 10.6. The second-order valence-electron chi connectivity index (χ2n) is 5.30. The van der Waals surface area contributed by atoms with E-state index in [9.17, 15) is 4.79 Å². The maximum absolute atomic E-state index is 12.2. The van der Waals surface area contributed by atoms with Gasteiger partial charge < -0.3 is 14.2 Å². The molecule has 0 aliphatic carbocycles. The molecule has 0 aromatic heterocycles. The number of rotatable bonds is 6. The predicted molar refractivity (Wildman–Crippen MR) is 97.6 cm³/mol. The summed E-state index contributed by atoms with van der Waals surface area (Å²) >= 11 is 3.42. The number of hydrazone groups is 1. The van der Waals surface area contributed by atoms with E-state index in [4.69, 9.17) is 14.2 Å². The summed E-state index contributed by atoms with van der Waals surface area (Å²) in [6.45, 7) is 2.83. The molecule has 6 nitrogen and oxygen atoms in total. The van der Waals surface area contributed by atoms with Crippen molar-refractivity contribution in [3.63, 3.8) is 0 Å². The zero-order chi connectivity index (χ0) is 17.6. The van der Waals surface area contributed by atoms with Gasteiger partial charge >= 0.3 is 0 Å². The number of benzene rings is 2. The van der Waals surface area contributed by atoms with Gasteiger partial charge in [0.15, 0.2) is 11.5 Å². The topological polar surface area (TPSA) is 69.2 Å². The lowest BCUT2D eigenvalue weighted by Gasteiger charge is -2.08. The lowest BCUT2D eigenvalue weighted by atomic mass is 10.2. The van der Waals surface area contributed by atoms with Gasteiger partial charge in [0.2, 0.25) is 6.79 Å². The molecule has 130 valence electrons. The van der Waals surface area contributed by atoms with Gasteiger partial charge in [-0.25, -0.2) is 5.43 Å². The molecule has 0 fully saturated rings. The maximum Gasteiger partial charge on any atom is 0.271 e. The van der Waals surface area contributed by atoms with Crippen molar-refractivity contribution in [3.8, 4) is 17.2 Å². The smallest absolute Gasteiger partial charge is 0.271 e. The summed E-state index contributed by atoms with van der Waals surface area (Å²) in [7, 11) is 0. The number of amides is 1. The van der Waals surface area contributed by atoms with Crippen LogP contribution in [0.2, 0.25) is 0 Å². The van der Waals surface area contributed by atoms with Crippen LogP contribution < -0.4 is 19.6 Å². The lowest BCUT2D eigenvalue weighted by molar-refractivity contribution is 0.0954. The molecule has 25 heavy (non-hydrogen) atoms. The second-order valence-corrected chi connectivity index (χ2v) is 6.21. The fraction of sp³-hybridized carbons (Fsp3) is 0.222. The van der Waals surface area contributed by atoms with E-state index in [2.05, 4.69) is 26.5 Å². The van der Waals surface area contributed by atoms with Crippen LogP contribution in [0.15, 0.2) is 46.0 Å². The molecule has 0 spiro atoms. The number of nitrogens with zero attached hydrogens (tertiary/aromatic N) is 1. The number of nitrogens with one attached hydrogen (secondary N) is 1. The van der Waals surface area contributed by atoms with Gasteiger partial charge in [0, 0.05) is 15.6 Å².